The molecule has 0 spiro atoms. The molecule has 2 unspecified atom stereocenters. The van der Waals surface area contributed by atoms with Crippen LogP contribution in [0.2, 0.25) is 0 Å². The maximum atomic E-state index is 13.0. The molecular weight excluding hydrogens is 466 g/mol. The van der Waals surface area contributed by atoms with Crippen LogP contribution in [-0.4, -0.2) is 51.2 Å². The maximum absolute atomic E-state index is 13.0. The molecule has 3 aromatic rings. The molecule has 2 heterocycles. The van der Waals surface area contributed by atoms with Crippen molar-refractivity contribution < 1.29 is 29.5 Å². The summed E-state index contributed by atoms with van der Waals surface area (Å²) in [6, 6.07) is 15.5. The lowest BCUT2D eigenvalue weighted by Gasteiger charge is -2.29. The molecule has 6 N–H and O–H groups in total. The molecule has 0 saturated carbocycles. The van der Waals surface area contributed by atoms with Gasteiger partial charge in [0.25, 0.3) is 11.8 Å². The molecule has 36 heavy (non-hydrogen) atoms. The lowest BCUT2D eigenvalue weighted by molar-refractivity contribution is -0.132. The predicted octanol–water partition coefficient (Wildman–Crippen LogP) is 1.35. The van der Waals surface area contributed by atoms with Crippen LogP contribution in [0, 0.1) is 6.92 Å². The third-order valence-electron chi connectivity index (χ3n) is 6.15. The number of hydrogen-bond acceptors (Lipinski definition) is 8. The van der Waals surface area contributed by atoms with E-state index in [9.17, 15) is 14.4 Å². The number of carbonyl (C=O) groups is 3. The zero-order valence-electron chi connectivity index (χ0n) is 19.6. The number of hydrogen-bond donors (Lipinski definition) is 6. The van der Waals surface area contributed by atoms with Crippen LogP contribution in [0.25, 0.3) is 10.9 Å². The summed E-state index contributed by atoms with van der Waals surface area (Å²) in [5.74, 6) is -1.30. The first kappa shape index (κ1) is 25.0. The van der Waals surface area contributed by atoms with Crippen molar-refractivity contribution in [2.75, 3.05) is 6.54 Å². The predicted molar refractivity (Wildman–Crippen MR) is 128 cm³/mol. The Labute approximate surface area is 206 Å². The van der Waals surface area contributed by atoms with Gasteiger partial charge in [-0.25, -0.2) is 11.0 Å². The largest absolute Gasteiger partial charge is 0.489 e. The summed E-state index contributed by atoms with van der Waals surface area (Å²) in [5.41, 5.74) is 5.08. The number of aromatic nitrogens is 1. The van der Waals surface area contributed by atoms with Crippen LogP contribution in [0.5, 0.6) is 5.75 Å². The molecule has 1 aromatic heterocycles. The van der Waals surface area contributed by atoms with Crippen molar-refractivity contribution in [3.8, 4) is 5.75 Å². The van der Waals surface area contributed by atoms with Gasteiger partial charge in [0.2, 0.25) is 5.91 Å². The number of ether oxygens (including phenoxy) is 1. The Morgan fingerprint density at radius 2 is 1.86 bits per heavy atom. The number of para-hydroxylation sites is 1. The molecular formula is C25H27N5O6. The number of carbonyl (C=O) groups excluding carboxylic acids is 3. The topological polar surface area (TPSA) is 162 Å². The summed E-state index contributed by atoms with van der Waals surface area (Å²) < 4.78 is 5.94. The van der Waals surface area contributed by atoms with Gasteiger partial charge in [0.1, 0.15) is 12.4 Å². The highest BCUT2D eigenvalue weighted by molar-refractivity contribution is 5.95. The second-order valence-electron chi connectivity index (χ2n) is 8.81. The Kier molecular flexibility index (Phi) is 7.44. The maximum Gasteiger partial charge on any atom is 0.260 e. The van der Waals surface area contributed by atoms with E-state index >= 15 is 0 Å². The van der Waals surface area contributed by atoms with E-state index in [1.165, 1.54) is 0 Å². The Morgan fingerprint density at radius 3 is 2.58 bits per heavy atom. The van der Waals surface area contributed by atoms with Crippen molar-refractivity contribution in [2.24, 2.45) is 0 Å². The Hall–Kier alpha value is -4.06. The van der Waals surface area contributed by atoms with E-state index in [1.54, 1.807) is 35.2 Å². The number of nitrogens with zero attached hydrogens (tertiary/aromatic N) is 1. The zero-order chi connectivity index (χ0) is 25.7. The second-order valence-corrected chi connectivity index (χ2v) is 8.81. The SMILES string of the molecule is Cc1cc(COc2ccc(C(=O)NC3(CC(=O)NO)CNC(C(=O)NO)C3)cc2)c2ccccc2n1. The lowest BCUT2D eigenvalue weighted by Crippen LogP contribution is -2.52. The number of nitrogens with one attached hydrogen (secondary N) is 4. The number of pyridine rings is 1. The van der Waals surface area contributed by atoms with Crippen molar-refractivity contribution in [1.29, 1.82) is 0 Å². The Balaban J connectivity index is 1.44. The summed E-state index contributed by atoms with van der Waals surface area (Å²) in [7, 11) is 0. The minimum atomic E-state index is -1.14. The van der Waals surface area contributed by atoms with E-state index in [0.717, 1.165) is 22.2 Å². The number of rotatable bonds is 8. The summed E-state index contributed by atoms with van der Waals surface area (Å²) in [6.07, 6.45) is -0.225. The van der Waals surface area contributed by atoms with Crippen LogP contribution in [0.1, 0.15) is 34.5 Å². The van der Waals surface area contributed by atoms with Gasteiger partial charge in [-0.1, -0.05) is 18.2 Å². The van der Waals surface area contributed by atoms with Crippen LogP contribution in [0.4, 0.5) is 0 Å². The van der Waals surface area contributed by atoms with Crippen molar-refractivity contribution in [3.05, 3.63) is 71.4 Å². The van der Waals surface area contributed by atoms with Gasteiger partial charge in [-0.15, -0.1) is 0 Å². The van der Waals surface area contributed by atoms with Crippen LogP contribution < -0.4 is 26.3 Å². The van der Waals surface area contributed by atoms with Crippen molar-refractivity contribution in [2.45, 2.75) is 38.0 Å². The first-order valence-electron chi connectivity index (χ1n) is 11.3. The molecule has 188 valence electrons. The van der Waals surface area contributed by atoms with E-state index in [-0.39, 0.29) is 19.4 Å². The zero-order valence-corrected chi connectivity index (χ0v) is 19.6. The van der Waals surface area contributed by atoms with Crippen molar-refractivity contribution in [1.82, 2.24) is 26.6 Å². The fraction of sp³-hybridized carbons (Fsp3) is 0.280. The van der Waals surface area contributed by atoms with Crippen molar-refractivity contribution in [3.63, 3.8) is 0 Å². The minimum absolute atomic E-state index is 0.0407. The molecule has 1 aliphatic heterocycles. The Morgan fingerprint density at radius 1 is 1.11 bits per heavy atom. The average molecular weight is 494 g/mol. The van der Waals surface area contributed by atoms with E-state index in [1.807, 2.05) is 37.3 Å². The molecule has 0 bridgehead atoms. The van der Waals surface area contributed by atoms with Crippen LogP contribution in [-0.2, 0) is 16.2 Å². The minimum Gasteiger partial charge on any atom is -0.489 e. The third kappa shape index (κ3) is 5.60. The fourth-order valence-corrected chi connectivity index (χ4v) is 4.43. The highest BCUT2D eigenvalue weighted by Gasteiger charge is 2.44. The number of benzene rings is 2. The van der Waals surface area contributed by atoms with Crippen LogP contribution >= 0.6 is 0 Å². The summed E-state index contributed by atoms with van der Waals surface area (Å²) in [5, 5.41) is 24.5. The van der Waals surface area contributed by atoms with Gasteiger partial charge in [0, 0.05) is 28.8 Å². The van der Waals surface area contributed by atoms with Gasteiger partial charge < -0.3 is 15.4 Å². The normalized spacial score (nSPS) is 19.0. The van der Waals surface area contributed by atoms with Crippen LogP contribution in [0.15, 0.2) is 54.6 Å². The van der Waals surface area contributed by atoms with Gasteiger partial charge in [-0.2, -0.15) is 0 Å². The van der Waals surface area contributed by atoms with Gasteiger partial charge >= 0.3 is 0 Å². The van der Waals surface area contributed by atoms with Gasteiger partial charge in [0.15, 0.2) is 0 Å². The average Bonchev–Trinajstić information content (AvgIpc) is 3.30. The molecule has 0 aliphatic carbocycles. The highest BCUT2D eigenvalue weighted by Crippen LogP contribution is 2.25. The van der Waals surface area contributed by atoms with Crippen molar-refractivity contribution >= 4 is 28.6 Å². The molecule has 1 aliphatic rings. The fourth-order valence-electron chi connectivity index (χ4n) is 4.43. The first-order chi connectivity index (χ1) is 17.3. The monoisotopic (exact) mass is 493 g/mol. The molecule has 4 rings (SSSR count). The molecule has 3 amide bonds. The third-order valence-corrected chi connectivity index (χ3v) is 6.15. The molecule has 1 fully saturated rings. The summed E-state index contributed by atoms with van der Waals surface area (Å²) >= 11 is 0. The van der Waals surface area contributed by atoms with E-state index in [4.69, 9.17) is 15.2 Å². The number of aryl methyl sites for hydroxylation is 1. The first-order valence-corrected chi connectivity index (χ1v) is 11.3. The van der Waals surface area contributed by atoms with Gasteiger partial charge in [-0.05, 0) is 49.7 Å². The molecule has 1 saturated heterocycles. The summed E-state index contributed by atoms with van der Waals surface area (Å²) in [6.45, 7) is 2.35. The molecule has 0 radical (unpaired) electrons. The van der Waals surface area contributed by atoms with E-state index in [0.29, 0.717) is 17.9 Å². The lowest BCUT2D eigenvalue weighted by atomic mass is 9.90. The number of hydroxylamine groups is 2. The van der Waals surface area contributed by atoms with Gasteiger partial charge in [-0.3, -0.25) is 29.8 Å². The highest BCUT2D eigenvalue weighted by atomic mass is 16.5. The second kappa shape index (κ2) is 10.7. The molecule has 2 aromatic carbocycles. The standard InChI is InChI=1S/C25H27N5O6/c1-15-10-17(19-4-2-3-5-20(19)27-15)13-36-18-8-6-16(7-9-18)23(32)28-25(12-22(31)29-34)11-21(26-14-25)24(33)30-35/h2-10,21,26,34-35H,11-14H2,1H3,(H,28,32)(H,29,31)(H,30,33). The molecule has 2 atom stereocenters. The van der Waals surface area contributed by atoms with E-state index in [2.05, 4.69) is 15.6 Å². The van der Waals surface area contributed by atoms with E-state index < -0.39 is 29.3 Å². The number of amides is 3. The molecule has 11 nitrogen and oxygen atoms in total. The number of fused-ring (bicyclic) bond motifs is 1. The molecule has 11 heteroatoms. The Bertz CT molecular complexity index is 1280. The van der Waals surface area contributed by atoms with Gasteiger partial charge in [0.05, 0.1) is 23.5 Å². The summed E-state index contributed by atoms with van der Waals surface area (Å²) in [4.78, 5) is 41.2. The van der Waals surface area contributed by atoms with Crippen LogP contribution in [0.3, 0.4) is 0 Å². The quantitative estimate of drug-likeness (QED) is 0.202. The smallest absolute Gasteiger partial charge is 0.260 e.